The molecule has 0 amide bonds. The highest BCUT2D eigenvalue weighted by molar-refractivity contribution is 5.00. The minimum Gasteiger partial charge on any atom is -0.359 e. The van der Waals surface area contributed by atoms with Gasteiger partial charge in [-0.1, -0.05) is 0 Å². The van der Waals surface area contributed by atoms with E-state index in [-0.39, 0.29) is 11.4 Å². The first kappa shape index (κ1) is 15.8. The molecule has 1 unspecified atom stereocenters. The zero-order chi connectivity index (χ0) is 15.1. The van der Waals surface area contributed by atoms with Crippen LogP contribution in [0.2, 0.25) is 0 Å². The average Bonchev–Trinajstić information content (AvgIpc) is 2.75. The standard InChI is InChI=1S/C9H10F8N2/c1-2-18-3-4-19(5-18)8(13,14)6(10)7(11,12)9(15,16)17/h3-4,6H,2,5H2,1H3. The van der Waals surface area contributed by atoms with Crippen LogP contribution in [0.1, 0.15) is 6.92 Å². The lowest BCUT2D eigenvalue weighted by atomic mass is 10.1. The number of hydrogen-bond donors (Lipinski definition) is 0. The van der Waals surface area contributed by atoms with Crippen LogP contribution < -0.4 is 0 Å². The zero-order valence-corrected chi connectivity index (χ0v) is 9.56. The lowest BCUT2D eigenvalue weighted by Gasteiger charge is -2.34. The van der Waals surface area contributed by atoms with Gasteiger partial charge < -0.3 is 4.90 Å². The average molecular weight is 298 g/mol. The molecule has 0 aromatic carbocycles. The highest BCUT2D eigenvalue weighted by Crippen LogP contribution is 2.46. The molecule has 112 valence electrons. The van der Waals surface area contributed by atoms with E-state index in [2.05, 4.69) is 0 Å². The van der Waals surface area contributed by atoms with Gasteiger partial charge in [0, 0.05) is 18.9 Å². The molecule has 1 aliphatic heterocycles. The Kier molecular flexibility index (Phi) is 3.93. The van der Waals surface area contributed by atoms with Crippen LogP contribution in [0.15, 0.2) is 12.4 Å². The molecule has 0 aromatic rings. The third kappa shape index (κ3) is 2.71. The predicted octanol–water partition coefficient (Wildman–Crippen LogP) is 3.18. The van der Waals surface area contributed by atoms with E-state index in [1.807, 2.05) is 0 Å². The van der Waals surface area contributed by atoms with Crippen LogP contribution in [0, 0.1) is 0 Å². The van der Waals surface area contributed by atoms with E-state index in [9.17, 15) is 35.1 Å². The first-order valence-electron chi connectivity index (χ1n) is 5.10. The van der Waals surface area contributed by atoms with E-state index in [0.29, 0.717) is 6.20 Å². The summed E-state index contributed by atoms with van der Waals surface area (Å²) in [5.41, 5.74) is 0. The molecular weight excluding hydrogens is 288 g/mol. The quantitative estimate of drug-likeness (QED) is 0.581. The second-order valence-corrected chi connectivity index (χ2v) is 3.89. The minimum atomic E-state index is -6.39. The number of halogens is 8. The molecule has 2 nitrogen and oxygen atoms in total. The van der Waals surface area contributed by atoms with Gasteiger partial charge in [0.15, 0.2) is 0 Å². The smallest absolute Gasteiger partial charge is 0.359 e. The Bertz CT molecular complexity index is 351. The monoisotopic (exact) mass is 298 g/mol. The van der Waals surface area contributed by atoms with Gasteiger partial charge in [0.25, 0.3) is 6.17 Å². The number of hydrogen-bond acceptors (Lipinski definition) is 2. The third-order valence-corrected chi connectivity index (χ3v) is 2.58. The van der Waals surface area contributed by atoms with Gasteiger partial charge in [-0.25, -0.2) is 4.39 Å². The summed E-state index contributed by atoms with van der Waals surface area (Å²) in [5, 5.41) is 0. The van der Waals surface area contributed by atoms with Gasteiger partial charge >= 0.3 is 18.1 Å². The van der Waals surface area contributed by atoms with Crippen LogP contribution >= 0.6 is 0 Å². The molecule has 0 radical (unpaired) electrons. The molecule has 0 fully saturated rings. The van der Waals surface area contributed by atoms with Gasteiger partial charge in [-0.2, -0.15) is 30.7 Å². The summed E-state index contributed by atoms with van der Waals surface area (Å²) in [6.45, 7) is 1.09. The Morgan fingerprint density at radius 2 is 1.58 bits per heavy atom. The van der Waals surface area contributed by atoms with E-state index >= 15 is 0 Å². The highest BCUT2D eigenvalue weighted by atomic mass is 19.4. The van der Waals surface area contributed by atoms with Crippen molar-refractivity contribution in [3.05, 3.63) is 12.4 Å². The van der Waals surface area contributed by atoms with Crippen LogP contribution in [0.4, 0.5) is 35.1 Å². The Labute approximate surface area is 103 Å². The number of nitrogens with zero attached hydrogens (tertiary/aromatic N) is 2. The molecule has 0 aliphatic carbocycles. The SMILES string of the molecule is CCN1C=CN(C(F)(F)C(F)C(F)(F)C(F)(F)F)C1. The van der Waals surface area contributed by atoms with E-state index in [4.69, 9.17) is 0 Å². The van der Waals surface area contributed by atoms with Crippen LogP contribution in [0.3, 0.4) is 0 Å². The Morgan fingerprint density at radius 1 is 1.05 bits per heavy atom. The molecule has 0 bridgehead atoms. The maximum atomic E-state index is 13.4. The minimum absolute atomic E-state index is 0.194. The normalized spacial score (nSPS) is 19.2. The fraction of sp³-hybridized carbons (Fsp3) is 0.778. The molecule has 19 heavy (non-hydrogen) atoms. The molecule has 1 atom stereocenters. The van der Waals surface area contributed by atoms with Crippen molar-refractivity contribution in [1.82, 2.24) is 9.80 Å². The van der Waals surface area contributed by atoms with Crippen molar-refractivity contribution in [2.24, 2.45) is 0 Å². The molecule has 1 heterocycles. The summed E-state index contributed by atoms with van der Waals surface area (Å²) in [6.07, 6.45) is -9.46. The van der Waals surface area contributed by atoms with Crippen LogP contribution in [-0.4, -0.2) is 47.3 Å². The second kappa shape index (κ2) is 4.71. The van der Waals surface area contributed by atoms with Crippen molar-refractivity contribution in [2.75, 3.05) is 13.2 Å². The van der Waals surface area contributed by atoms with Gasteiger partial charge in [0.2, 0.25) is 0 Å². The fourth-order valence-corrected chi connectivity index (χ4v) is 1.37. The molecule has 0 spiro atoms. The summed E-state index contributed by atoms with van der Waals surface area (Å²) in [5.74, 6) is -6.13. The van der Waals surface area contributed by atoms with Crippen molar-refractivity contribution < 1.29 is 35.1 Å². The second-order valence-electron chi connectivity index (χ2n) is 3.89. The van der Waals surface area contributed by atoms with Gasteiger partial charge in [-0.3, -0.25) is 4.90 Å². The molecule has 0 saturated heterocycles. The van der Waals surface area contributed by atoms with Crippen LogP contribution in [-0.2, 0) is 0 Å². The molecular formula is C9H10F8N2. The van der Waals surface area contributed by atoms with Crippen molar-refractivity contribution in [3.63, 3.8) is 0 Å². The summed E-state index contributed by atoms with van der Waals surface area (Å²) in [7, 11) is 0. The van der Waals surface area contributed by atoms with Crippen LogP contribution in [0.5, 0.6) is 0 Å². The van der Waals surface area contributed by atoms with Gasteiger partial charge in [0.1, 0.15) is 0 Å². The lowest BCUT2D eigenvalue weighted by Crippen LogP contribution is -2.58. The van der Waals surface area contributed by atoms with Crippen molar-refractivity contribution in [1.29, 1.82) is 0 Å². The van der Waals surface area contributed by atoms with Crippen molar-refractivity contribution in [3.8, 4) is 0 Å². The van der Waals surface area contributed by atoms with Crippen molar-refractivity contribution in [2.45, 2.75) is 31.2 Å². The Morgan fingerprint density at radius 3 is 1.95 bits per heavy atom. The lowest BCUT2D eigenvalue weighted by molar-refractivity contribution is -0.342. The number of alkyl halides is 8. The Hall–Kier alpha value is -1.22. The largest absolute Gasteiger partial charge is 0.456 e. The molecule has 1 aliphatic rings. The highest BCUT2D eigenvalue weighted by Gasteiger charge is 2.71. The third-order valence-electron chi connectivity index (χ3n) is 2.58. The maximum Gasteiger partial charge on any atom is 0.456 e. The Balaban J connectivity index is 2.92. The molecule has 0 N–H and O–H groups in total. The number of rotatable bonds is 4. The maximum absolute atomic E-state index is 13.4. The molecule has 10 heteroatoms. The van der Waals surface area contributed by atoms with E-state index < -0.39 is 31.0 Å². The van der Waals surface area contributed by atoms with Gasteiger partial charge in [-0.15, -0.1) is 0 Å². The summed E-state index contributed by atoms with van der Waals surface area (Å²) in [6, 6.07) is -4.97. The summed E-state index contributed by atoms with van der Waals surface area (Å²) < 4.78 is 101. The first-order chi connectivity index (χ1) is 8.44. The van der Waals surface area contributed by atoms with Crippen molar-refractivity contribution >= 4 is 0 Å². The fourth-order valence-electron chi connectivity index (χ4n) is 1.37. The van der Waals surface area contributed by atoms with Gasteiger partial charge in [-0.05, 0) is 6.92 Å². The zero-order valence-electron chi connectivity index (χ0n) is 9.56. The van der Waals surface area contributed by atoms with E-state index in [1.165, 1.54) is 4.90 Å². The summed E-state index contributed by atoms with van der Waals surface area (Å²) in [4.78, 5) is 0.993. The van der Waals surface area contributed by atoms with Gasteiger partial charge in [0.05, 0.1) is 6.67 Å². The van der Waals surface area contributed by atoms with Crippen LogP contribution in [0.25, 0.3) is 0 Å². The molecule has 1 rings (SSSR count). The molecule has 0 saturated carbocycles. The predicted molar refractivity (Wildman–Crippen MR) is 49.1 cm³/mol. The summed E-state index contributed by atoms with van der Waals surface area (Å²) >= 11 is 0. The first-order valence-corrected chi connectivity index (χ1v) is 5.10. The molecule has 0 aromatic heterocycles. The topological polar surface area (TPSA) is 6.48 Å². The van der Waals surface area contributed by atoms with E-state index in [1.54, 1.807) is 6.92 Å². The van der Waals surface area contributed by atoms with E-state index in [0.717, 1.165) is 6.20 Å².